The highest BCUT2D eigenvalue weighted by atomic mass is 16.5. The van der Waals surface area contributed by atoms with Gasteiger partial charge in [0.15, 0.2) is 0 Å². The third-order valence-electron chi connectivity index (χ3n) is 5.21. The molecule has 0 amide bonds. The zero-order valence-corrected chi connectivity index (χ0v) is 16.2. The zero-order valence-electron chi connectivity index (χ0n) is 16.2. The summed E-state index contributed by atoms with van der Waals surface area (Å²) in [5, 5.41) is 22.8. The first-order valence-electron chi connectivity index (χ1n) is 9.17. The smallest absolute Gasteiger partial charge is 0.317 e. The minimum Gasteiger partial charge on any atom is -0.497 e. The predicted molar refractivity (Wildman–Crippen MR) is 105 cm³/mol. The van der Waals surface area contributed by atoms with Gasteiger partial charge in [-0.3, -0.25) is 14.7 Å². The maximum Gasteiger partial charge on any atom is 0.317 e. The number of carboxylic acids is 1. The van der Waals surface area contributed by atoms with Gasteiger partial charge in [0.25, 0.3) is 0 Å². The first kappa shape index (κ1) is 19.7. The topological polar surface area (TPSA) is 108 Å². The normalized spacial score (nSPS) is 18.4. The maximum absolute atomic E-state index is 11.0. The van der Waals surface area contributed by atoms with Crippen LogP contribution in [-0.2, 0) is 4.79 Å². The highest BCUT2D eigenvalue weighted by Crippen LogP contribution is 2.37. The van der Waals surface area contributed by atoms with E-state index in [0.717, 1.165) is 18.2 Å². The maximum atomic E-state index is 11.0. The predicted octanol–water partition coefficient (Wildman–Crippen LogP) is 2.47. The third-order valence-corrected chi connectivity index (χ3v) is 5.21. The van der Waals surface area contributed by atoms with Crippen LogP contribution in [0.2, 0.25) is 0 Å². The van der Waals surface area contributed by atoms with Gasteiger partial charge in [0, 0.05) is 29.7 Å². The Morgan fingerprint density at radius 1 is 1.39 bits per heavy atom. The monoisotopic (exact) mass is 384 g/mol. The number of aromatic nitrogens is 1. The number of rotatable bonds is 8. The zero-order chi connectivity index (χ0) is 20.3. The van der Waals surface area contributed by atoms with Gasteiger partial charge in [0.1, 0.15) is 23.1 Å². The van der Waals surface area contributed by atoms with Crippen molar-refractivity contribution in [3.63, 3.8) is 0 Å². The van der Waals surface area contributed by atoms with Crippen molar-refractivity contribution in [1.29, 1.82) is 5.26 Å². The van der Waals surface area contributed by atoms with Crippen LogP contribution in [0.15, 0.2) is 18.3 Å². The lowest BCUT2D eigenvalue weighted by molar-refractivity contribution is -0.139. The van der Waals surface area contributed by atoms with Crippen LogP contribution in [0.4, 0.5) is 5.69 Å². The van der Waals surface area contributed by atoms with Gasteiger partial charge < -0.3 is 19.9 Å². The van der Waals surface area contributed by atoms with Crippen molar-refractivity contribution < 1.29 is 19.4 Å². The van der Waals surface area contributed by atoms with Crippen LogP contribution in [0.25, 0.3) is 10.9 Å². The first-order chi connectivity index (χ1) is 13.5. The summed E-state index contributed by atoms with van der Waals surface area (Å²) in [5.41, 5.74) is 1.81. The molecule has 1 saturated carbocycles. The highest BCUT2D eigenvalue weighted by molar-refractivity contribution is 5.98. The summed E-state index contributed by atoms with van der Waals surface area (Å²) in [4.78, 5) is 17.4. The second kappa shape index (κ2) is 8.31. The number of hydrogen-bond acceptors (Lipinski definition) is 7. The van der Waals surface area contributed by atoms with Crippen molar-refractivity contribution in [2.45, 2.75) is 31.8 Å². The van der Waals surface area contributed by atoms with Crippen LogP contribution in [0, 0.1) is 11.3 Å². The fraction of sp³-hybridized carbons (Fsp3) is 0.450. The SMILES string of the molecule is CCN(CC(=O)O)C1CC(Nc2c(C#N)cnc3c(OC)cc(OC)cc23)C1. The fourth-order valence-electron chi connectivity index (χ4n) is 3.64. The number of pyridine rings is 1. The van der Waals surface area contributed by atoms with E-state index >= 15 is 0 Å². The Kier molecular flexibility index (Phi) is 5.85. The molecule has 2 N–H and O–H groups in total. The molecule has 148 valence electrons. The van der Waals surface area contributed by atoms with Gasteiger partial charge in [0.05, 0.1) is 32.0 Å². The lowest BCUT2D eigenvalue weighted by Crippen LogP contribution is -2.51. The van der Waals surface area contributed by atoms with Crippen molar-refractivity contribution in [1.82, 2.24) is 9.88 Å². The second-order valence-corrected chi connectivity index (χ2v) is 6.81. The Morgan fingerprint density at radius 3 is 2.71 bits per heavy atom. The second-order valence-electron chi connectivity index (χ2n) is 6.81. The molecule has 28 heavy (non-hydrogen) atoms. The summed E-state index contributed by atoms with van der Waals surface area (Å²) < 4.78 is 10.8. The standard InChI is InChI=1S/C20H24N4O4/c1-4-24(11-18(25)26)14-5-13(6-14)23-19-12(9-21)10-22-20-16(19)7-15(27-2)8-17(20)28-3/h7-8,10,13-14H,4-6,11H2,1-3H3,(H,22,23)(H,25,26). The summed E-state index contributed by atoms with van der Waals surface area (Å²) in [5.74, 6) is 0.380. The van der Waals surface area contributed by atoms with Crippen molar-refractivity contribution in [3.05, 3.63) is 23.9 Å². The molecule has 0 saturated heterocycles. The molecule has 3 rings (SSSR count). The van der Waals surface area contributed by atoms with Crippen LogP contribution in [-0.4, -0.2) is 60.4 Å². The van der Waals surface area contributed by atoms with Crippen molar-refractivity contribution in [3.8, 4) is 17.6 Å². The third kappa shape index (κ3) is 3.80. The molecule has 1 aliphatic rings. The van der Waals surface area contributed by atoms with E-state index < -0.39 is 5.97 Å². The molecular weight excluding hydrogens is 360 g/mol. The summed E-state index contributed by atoms with van der Waals surface area (Å²) >= 11 is 0. The molecule has 0 bridgehead atoms. The van der Waals surface area contributed by atoms with Gasteiger partial charge in [-0.1, -0.05) is 6.92 Å². The molecule has 0 aliphatic heterocycles. The van der Waals surface area contributed by atoms with Crippen LogP contribution < -0.4 is 14.8 Å². The fourth-order valence-corrected chi connectivity index (χ4v) is 3.64. The van der Waals surface area contributed by atoms with Gasteiger partial charge in [0.2, 0.25) is 0 Å². The van der Waals surface area contributed by atoms with Crippen molar-refractivity contribution >= 4 is 22.6 Å². The average Bonchev–Trinajstić information content (AvgIpc) is 2.67. The molecule has 0 atom stereocenters. The summed E-state index contributed by atoms with van der Waals surface area (Å²) in [6.45, 7) is 2.70. The highest BCUT2D eigenvalue weighted by Gasteiger charge is 2.34. The Bertz CT molecular complexity index is 919. The summed E-state index contributed by atoms with van der Waals surface area (Å²) in [7, 11) is 3.15. The molecule has 1 heterocycles. The van der Waals surface area contributed by atoms with Crippen LogP contribution in [0.5, 0.6) is 11.5 Å². The molecule has 1 aliphatic carbocycles. The van der Waals surface area contributed by atoms with Gasteiger partial charge in [-0.2, -0.15) is 5.26 Å². The van der Waals surface area contributed by atoms with Crippen molar-refractivity contribution in [2.75, 3.05) is 32.6 Å². The number of aliphatic carboxylic acids is 1. The quantitative estimate of drug-likeness (QED) is 0.715. The van der Waals surface area contributed by atoms with Gasteiger partial charge in [-0.25, -0.2) is 0 Å². The Hall–Kier alpha value is -3.05. The number of hydrogen-bond donors (Lipinski definition) is 2. The minimum absolute atomic E-state index is 0.0456. The molecule has 1 aromatic heterocycles. The molecule has 1 fully saturated rings. The number of nitrogens with zero attached hydrogens (tertiary/aromatic N) is 3. The Balaban J connectivity index is 1.87. The molecule has 8 nitrogen and oxygen atoms in total. The number of nitriles is 1. The number of carboxylic acid groups (broad SMARTS) is 1. The number of fused-ring (bicyclic) bond motifs is 1. The average molecular weight is 384 g/mol. The van der Waals surface area contributed by atoms with Crippen LogP contribution in [0.1, 0.15) is 25.3 Å². The number of benzene rings is 1. The number of likely N-dealkylation sites (N-methyl/N-ethyl adjacent to an activating group) is 1. The molecular formula is C20H24N4O4. The number of nitrogens with one attached hydrogen (secondary N) is 1. The van der Waals surface area contributed by atoms with E-state index in [2.05, 4.69) is 16.4 Å². The summed E-state index contributed by atoms with van der Waals surface area (Å²) in [6, 6.07) is 6.17. The first-order valence-corrected chi connectivity index (χ1v) is 9.17. The molecule has 1 aromatic carbocycles. The number of carbonyl (C=O) groups is 1. The summed E-state index contributed by atoms with van der Waals surface area (Å²) in [6.07, 6.45) is 3.17. The molecule has 0 unspecified atom stereocenters. The Morgan fingerprint density at radius 2 is 2.14 bits per heavy atom. The van der Waals surface area contributed by atoms with Gasteiger partial charge in [-0.05, 0) is 25.5 Å². The number of anilines is 1. The Labute approximate surface area is 163 Å². The lowest BCUT2D eigenvalue weighted by Gasteiger charge is -2.42. The van der Waals surface area contributed by atoms with E-state index in [0.29, 0.717) is 34.8 Å². The van der Waals surface area contributed by atoms with E-state index in [4.69, 9.17) is 14.6 Å². The minimum atomic E-state index is -0.815. The largest absolute Gasteiger partial charge is 0.497 e. The molecule has 8 heteroatoms. The van der Waals surface area contributed by atoms with E-state index in [-0.39, 0.29) is 18.6 Å². The van der Waals surface area contributed by atoms with Gasteiger partial charge in [-0.15, -0.1) is 0 Å². The van der Waals surface area contributed by atoms with Crippen LogP contribution >= 0.6 is 0 Å². The molecule has 0 radical (unpaired) electrons. The lowest BCUT2D eigenvalue weighted by atomic mass is 9.85. The number of ether oxygens (including phenoxy) is 2. The van der Waals surface area contributed by atoms with E-state index in [1.54, 1.807) is 26.5 Å². The van der Waals surface area contributed by atoms with Crippen LogP contribution in [0.3, 0.4) is 0 Å². The molecule has 0 spiro atoms. The number of methoxy groups -OCH3 is 2. The van der Waals surface area contributed by atoms with E-state index in [9.17, 15) is 10.1 Å². The van der Waals surface area contributed by atoms with E-state index in [1.807, 2.05) is 17.9 Å². The van der Waals surface area contributed by atoms with E-state index in [1.165, 1.54) is 0 Å². The van der Waals surface area contributed by atoms with Gasteiger partial charge >= 0.3 is 5.97 Å². The van der Waals surface area contributed by atoms with Crippen molar-refractivity contribution in [2.24, 2.45) is 0 Å². The molecule has 2 aromatic rings.